The Labute approximate surface area is 622 Å². The second-order valence-electron chi connectivity index (χ2n) is 28.1. The first-order valence-electron chi connectivity index (χ1n) is 41.5. The van der Waals surface area contributed by atoms with Crippen molar-refractivity contribution in [2.45, 2.75) is 406 Å². The summed E-state index contributed by atoms with van der Waals surface area (Å²) in [5.74, 6) is -2.21. The topological polar surface area (TPSA) is 237 Å². The van der Waals surface area contributed by atoms with Crippen LogP contribution >= 0.6 is 15.6 Å². The average molecular weight is 1480 g/mol. The number of carbonyl (C=O) groups is 4. The van der Waals surface area contributed by atoms with Gasteiger partial charge in [0, 0.05) is 25.7 Å². The zero-order valence-electron chi connectivity index (χ0n) is 65.3. The molecule has 0 aromatic heterocycles. The van der Waals surface area contributed by atoms with Crippen LogP contribution in [0.5, 0.6) is 0 Å². The molecule has 2 unspecified atom stereocenters. The van der Waals surface area contributed by atoms with E-state index in [9.17, 15) is 43.2 Å². The summed E-state index contributed by atoms with van der Waals surface area (Å²) in [7, 11) is -9.96. The van der Waals surface area contributed by atoms with Gasteiger partial charge in [0.05, 0.1) is 26.4 Å². The average Bonchev–Trinajstić information content (AvgIpc) is 0.917. The van der Waals surface area contributed by atoms with Crippen LogP contribution in [0.3, 0.4) is 0 Å². The highest BCUT2D eigenvalue weighted by Crippen LogP contribution is 2.45. The minimum absolute atomic E-state index is 0.0243. The van der Waals surface area contributed by atoms with Gasteiger partial charge in [0.2, 0.25) is 0 Å². The van der Waals surface area contributed by atoms with Crippen LogP contribution in [0.4, 0.5) is 0 Å². The highest BCUT2D eigenvalue weighted by Gasteiger charge is 2.30. The summed E-state index contributed by atoms with van der Waals surface area (Å²) in [5.41, 5.74) is 0. The van der Waals surface area contributed by atoms with E-state index in [2.05, 4.69) is 76.3 Å². The van der Waals surface area contributed by atoms with Crippen LogP contribution < -0.4 is 0 Å². The van der Waals surface area contributed by atoms with E-state index in [0.717, 1.165) is 103 Å². The second-order valence-corrected chi connectivity index (χ2v) is 31.0. The molecular weight excluding hydrogens is 1330 g/mol. The fraction of sp³-hybridized carbons (Fsp3) is 0.831. The van der Waals surface area contributed by atoms with Crippen molar-refractivity contribution in [2.75, 3.05) is 39.6 Å². The third-order valence-corrected chi connectivity index (χ3v) is 19.9. The number of unbranched alkanes of at least 4 members (excludes halogenated alkanes) is 43. The van der Waals surface area contributed by atoms with Gasteiger partial charge < -0.3 is 33.8 Å². The molecule has 5 atom stereocenters. The summed E-state index contributed by atoms with van der Waals surface area (Å²) in [6, 6.07) is 0. The van der Waals surface area contributed by atoms with Crippen LogP contribution in [0.2, 0.25) is 0 Å². The number of hydrogen-bond donors (Lipinski definition) is 3. The summed E-state index contributed by atoms with van der Waals surface area (Å²) >= 11 is 0. The van der Waals surface area contributed by atoms with E-state index in [4.69, 9.17) is 37.0 Å². The number of phosphoric ester groups is 2. The number of rotatable bonds is 79. The molecule has 0 radical (unpaired) electrons. The molecule has 19 heteroatoms. The normalized spacial score (nSPS) is 14.1. The van der Waals surface area contributed by atoms with E-state index in [-0.39, 0.29) is 25.7 Å². The van der Waals surface area contributed by atoms with E-state index in [1.807, 2.05) is 12.2 Å². The van der Waals surface area contributed by atoms with Crippen molar-refractivity contribution in [2.24, 2.45) is 0 Å². The van der Waals surface area contributed by atoms with Crippen molar-refractivity contribution in [3.8, 4) is 0 Å². The standard InChI is InChI=1S/C83H152O17P2/c1-5-9-13-17-21-25-29-33-37-38-42-46-50-54-58-62-66-70-83(88)100-79(74-94-81(86)68-64-60-56-52-48-44-40-35-31-27-23-19-15-11-7-3)76-98-102(91,92)96-72-77(84)71-95-101(89,90)97-75-78(99-82(87)69-65-61-57-53-49-45-41-36-32-28-24-20-16-12-8-4)73-93-80(85)67-63-59-55-51-47-43-39-34-30-26-22-18-14-10-6-2/h21,25,33,36-37,41-42,46,54,58,77-79,84H,5-20,22-24,26-32,34-35,38-40,43-45,47-53,55-57,59-76H2,1-4H3,(H,89,90)(H,91,92)/b25-21-,37-33-,41-36-,46-42-,58-54-/t77-,78-,79-/m1/s1. The van der Waals surface area contributed by atoms with Crippen molar-refractivity contribution in [1.29, 1.82) is 0 Å². The minimum Gasteiger partial charge on any atom is -0.462 e. The van der Waals surface area contributed by atoms with Crippen molar-refractivity contribution in [1.82, 2.24) is 0 Å². The molecule has 596 valence electrons. The highest BCUT2D eigenvalue weighted by atomic mass is 31.2. The quantitative estimate of drug-likeness (QED) is 0.0169. The number of phosphoric acid groups is 2. The van der Waals surface area contributed by atoms with Crippen molar-refractivity contribution in [3.63, 3.8) is 0 Å². The predicted octanol–water partition coefficient (Wildman–Crippen LogP) is 24.2. The predicted molar refractivity (Wildman–Crippen MR) is 418 cm³/mol. The van der Waals surface area contributed by atoms with Crippen molar-refractivity contribution in [3.05, 3.63) is 60.8 Å². The maximum atomic E-state index is 13.1. The smallest absolute Gasteiger partial charge is 0.462 e. The molecule has 0 aromatic rings. The lowest BCUT2D eigenvalue weighted by atomic mass is 10.0. The lowest BCUT2D eigenvalue weighted by molar-refractivity contribution is -0.161. The van der Waals surface area contributed by atoms with Gasteiger partial charge in [0.15, 0.2) is 12.2 Å². The van der Waals surface area contributed by atoms with Crippen LogP contribution in [-0.2, 0) is 65.4 Å². The van der Waals surface area contributed by atoms with E-state index in [1.54, 1.807) is 0 Å². The number of carbonyl (C=O) groups excluding carboxylic acids is 4. The van der Waals surface area contributed by atoms with Gasteiger partial charge >= 0.3 is 39.5 Å². The molecule has 17 nitrogen and oxygen atoms in total. The largest absolute Gasteiger partial charge is 0.472 e. The van der Waals surface area contributed by atoms with Crippen LogP contribution in [-0.4, -0.2) is 96.7 Å². The van der Waals surface area contributed by atoms with Gasteiger partial charge in [0.1, 0.15) is 19.3 Å². The molecule has 0 fully saturated rings. The van der Waals surface area contributed by atoms with E-state index in [1.165, 1.54) is 199 Å². The molecule has 0 bridgehead atoms. The monoisotopic (exact) mass is 1480 g/mol. The summed E-state index contributed by atoms with van der Waals surface area (Å²) < 4.78 is 68.6. The molecule has 0 rings (SSSR count). The van der Waals surface area contributed by atoms with Gasteiger partial charge in [-0.25, -0.2) is 9.13 Å². The highest BCUT2D eigenvalue weighted by molar-refractivity contribution is 7.47. The first-order chi connectivity index (χ1) is 49.7. The Morgan fingerprint density at radius 2 is 0.490 bits per heavy atom. The maximum Gasteiger partial charge on any atom is 0.472 e. The SMILES string of the molecule is CCCCC/C=C\C/C=C\C/C=C\C/C=C\CCCC(=O)O[C@H](COC(=O)CCCCCCCCCCCCCCCCC)COP(=O)(O)OC[C@H](O)COP(=O)(O)OC[C@@H](COC(=O)CCCCCCCCCCCCCCCCC)OC(=O)CCCCCCC/C=C\CCCCCCCC. The fourth-order valence-electron chi connectivity index (χ4n) is 11.6. The lowest BCUT2D eigenvalue weighted by Crippen LogP contribution is -2.30. The molecule has 0 aliphatic carbocycles. The Morgan fingerprint density at radius 3 is 0.804 bits per heavy atom. The Kier molecular flexibility index (Phi) is 73.6. The summed E-state index contributed by atoms with van der Waals surface area (Å²) in [6.45, 7) is 4.87. The van der Waals surface area contributed by atoms with Gasteiger partial charge in [-0.1, -0.05) is 332 Å². The molecule has 0 saturated heterocycles. The van der Waals surface area contributed by atoms with Gasteiger partial charge in [-0.3, -0.25) is 37.3 Å². The van der Waals surface area contributed by atoms with Gasteiger partial charge in [-0.05, 0) is 89.9 Å². The van der Waals surface area contributed by atoms with Crippen LogP contribution in [0.15, 0.2) is 60.8 Å². The summed E-state index contributed by atoms with van der Waals surface area (Å²) in [5, 5.41) is 10.6. The molecule has 0 aliphatic rings. The Hall–Kier alpha value is -3.24. The number of aliphatic hydroxyl groups is 1. The summed E-state index contributed by atoms with van der Waals surface area (Å²) in [4.78, 5) is 73.1. The van der Waals surface area contributed by atoms with E-state index in [0.29, 0.717) is 32.1 Å². The zero-order chi connectivity index (χ0) is 74.6. The zero-order valence-corrected chi connectivity index (χ0v) is 67.1. The molecule has 3 N–H and O–H groups in total. The van der Waals surface area contributed by atoms with Crippen LogP contribution in [0.25, 0.3) is 0 Å². The number of hydrogen-bond acceptors (Lipinski definition) is 15. The van der Waals surface area contributed by atoms with Crippen LogP contribution in [0, 0.1) is 0 Å². The number of aliphatic hydroxyl groups excluding tert-OH is 1. The molecule has 0 saturated carbocycles. The minimum atomic E-state index is -4.98. The van der Waals surface area contributed by atoms with Gasteiger partial charge in [0.25, 0.3) is 0 Å². The maximum absolute atomic E-state index is 13.1. The fourth-order valence-corrected chi connectivity index (χ4v) is 13.2. The van der Waals surface area contributed by atoms with E-state index >= 15 is 0 Å². The van der Waals surface area contributed by atoms with E-state index < -0.39 is 97.5 Å². The number of esters is 4. The van der Waals surface area contributed by atoms with Crippen molar-refractivity contribution < 1.29 is 80.2 Å². The third kappa shape index (κ3) is 75.0. The Bertz CT molecular complexity index is 2170. The van der Waals surface area contributed by atoms with Gasteiger partial charge in [-0.15, -0.1) is 0 Å². The first kappa shape index (κ1) is 98.8. The number of ether oxygens (including phenoxy) is 4. The molecule has 102 heavy (non-hydrogen) atoms. The summed E-state index contributed by atoms with van der Waals surface area (Å²) in [6.07, 6.45) is 76.2. The molecule has 0 spiro atoms. The molecule has 0 amide bonds. The molecule has 0 aliphatic heterocycles. The Balaban J connectivity index is 5.37. The molecular formula is C83H152O17P2. The first-order valence-corrected chi connectivity index (χ1v) is 44.5. The molecule has 0 heterocycles. The van der Waals surface area contributed by atoms with Crippen molar-refractivity contribution >= 4 is 39.5 Å². The second kappa shape index (κ2) is 76.0. The Morgan fingerprint density at radius 1 is 0.275 bits per heavy atom. The third-order valence-electron chi connectivity index (χ3n) is 18.0. The number of allylic oxidation sites excluding steroid dienone is 10. The molecule has 0 aromatic carbocycles. The lowest BCUT2D eigenvalue weighted by Gasteiger charge is -2.21. The van der Waals surface area contributed by atoms with Gasteiger partial charge in [-0.2, -0.15) is 0 Å². The van der Waals surface area contributed by atoms with Crippen LogP contribution in [0.1, 0.15) is 387 Å².